The molecule has 2 fully saturated rings. The van der Waals surface area contributed by atoms with E-state index in [0.717, 1.165) is 14.9 Å². The van der Waals surface area contributed by atoms with Crippen LogP contribution in [-0.2, 0) is 9.59 Å². The van der Waals surface area contributed by atoms with Gasteiger partial charge in [-0.05, 0) is 71.4 Å². The van der Waals surface area contributed by atoms with Gasteiger partial charge in [0.15, 0.2) is 0 Å². The standard InChI is InChI=1S/C19H24IN3O3/c1-12-8-18(2,3)11-19(9-12)16(25)23(17(26)22-19)10-15(24)21-14-6-4-5-13(20)7-14/h4-7,12H,8-11H2,1-3H3,(H,21,24)(H,22,26). The first-order chi connectivity index (χ1) is 12.1. The maximum atomic E-state index is 13.0. The van der Waals surface area contributed by atoms with Gasteiger partial charge in [0.2, 0.25) is 5.91 Å². The van der Waals surface area contributed by atoms with Crippen LogP contribution in [0.5, 0.6) is 0 Å². The van der Waals surface area contributed by atoms with Crippen molar-refractivity contribution >= 4 is 46.1 Å². The van der Waals surface area contributed by atoms with Crippen molar-refractivity contribution in [1.82, 2.24) is 10.2 Å². The molecule has 1 saturated carbocycles. The summed E-state index contributed by atoms with van der Waals surface area (Å²) >= 11 is 2.16. The molecule has 2 unspecified atom stereocenters. The molecule has 6 nitrogen and oxygen atoms in total. The van der Waals surface area contributed by atoms with Gasteiger partial charge in [-0.2, -0.15) is 0 Å². The number of nitrogens with zero attached hydrogens (tertiary/aromatic N) is 1. The SMILES string of the molecule is CC1CC(C)(C)CC2(C1)NC(=O)N(CC(=O)Nc1cccc(I)c1)C2=O. The Hall–Kier alpha value is -1.64. The monoisotopic (exact) mass is 469 g/mol. The van der Waals surface area contributed by atoms with E-state index in [1.54, 1.807) is 6.07 Å². The van der Waals surface area contributed by atoms with Crippen molar-refractivity contribution in [3.63, 3.8) is 0 Å². The molecule has 0 aromatic heterocycles. The zero-order chi connectivity index (χ0) is 19.1. The van der Waals surface area contributed by atoms with Crippen molar-refractivity contribution in [2.45, 2.75) is 45.6 Å². The summed E-state index contributed by atoms with van der Waals surface area (Å²) in [7, 11) is 0. The molecule has 1 saturated heterocycles. The quantitative estimate of drug-likeness (QED) is 0.527. The fourth-order valence-corrected chi connectivity index (χ4v) is 5.10. The van der Waals surface area contributed by atoms with Gasteiger partial charge in [-0.3, -0.25) is 14.5 Å². The number of hydrogen-bond donors (Lipinski definition) is 2. The number of rotatable bonds is 3. The number of amides is 4. The van der Waals surface area contributed by atoms with Crippen LogP contribution in [0.4, 0.5) is 10.5 Å². The largest absolute Gasteiger partial charge is 0.325 e. The summed E-state index contributed by atoms with van der Waals surface area (Å²) in [6.45, 7) is 6.08. The number of hydrogen-bond acceptors (Lipinski definition) is 3. The first-order valence-corrected chi connectivity index (χ1v) is 9.88. The fraction of sp³-hybridized carbons (Fsp3) is 0.526. The van der Waals surface area contributed by atoms with E-state index in [2.05, 4.69) is 54.0 Å². The number of imide groups is 1. The Morgan fingerprint density at radius 3 is 2.73 bits per heavy atom. The predicted octanol–water partition coefficient (Wildman–Crippen LogP) is 3.37. The van der Waals surface area contributed by atoms with Gasteiger partial charge >= 0.3 is 6.03 Å². The predicted molar refractivity (Wildman–Crippen MR) is 108 cm³/mol. The summed E-state index contributed by atoms with van der Waals surface area (Å²) in [5, 5.41) is 5.64. The highest BCUT2D eigenvalue weighted by atomic mass is 127. The second kappa shape index (κ2) is 6.83. The second-order valence-electron chi connectivity index (χ2n) is 8.32. The maximum absolute atomic E-state index is 13.0. The molecule has 7 heteroatoms. The molecule has 2 atom stereocenters. The topological polar surface area (TPSA) is 78.5 Å². The number of nitrogens with one attached hydrogen (secondary N) is 2. The Morgan fingerprint density at radius 1 is 1.35 bits per heavy atom. The molecule has 4 amide bonds. The highest BCUT2D eigenvalue weighted by molar-refractivity contribution is 14.1. The van der Waals surface area contributed by atoms with Gasteiger partial charge in [-0.15, -0.1) is 0 Å². The van der Waals surface area contributed by atoms with Crippen LogP contribution < -0.4 is 10.6 Å². The molecule has 1 aromatic rings. The van der Waals surface area contributed by atoms with Crippen LogP contribution in [0.3, 0.4) is 0 Å². The van der Waals surface area contributed by atoms with Crippen LogP contribution >= 0.6 is 22.6 Å². The lowest BCUT2D eigenvalue weighted by Crippen LogP contribution is -2.54. The lowest BCUT2D eigenvalue weighted by atomic mass is 9.64. The van der Waals surface area contributed by atoms with E-state index < -0.39 is 11.6 Å². The number of urea groups is 1. The van der Waals surface area contributed by atoms with Crippen molar-refractivity contribution in [2.24, 2.45) is 11.3 Å². The highest BCUT2D eigenvalue weighted by Gasteiger charge is 2.56. The fourth-order valence-electron chi connectivity index (χ4n) is 4.56. The van der Waals surface area contributed by atoms with E-state index in [0.29, 0.717) is 24.4 Å². The molecular formula is C19H24IN3O3. The number of halogens is 1. The van der Waals surface area contributed by atoms with Gasteiger partial charge < -0.3 is 10.6 Å². The zero-order valence-electron chi connectivity index (χ0n) is 15.3. The molecule has 140 valence electrons. The van der Waals surface area contributed by atoms with E-state index in [1.165, 1.54) is 0 Å². The van der Waals surface area contributed by atoms with Crippen LogP contribution in [0.1, 0.15) is 40.0 Å². The molecule has 2 aliphatic rings. The number of carbonyl (C=O) groups excluding carboxylic acids is 3. The number of benzene rings is 1. The van der Waals surface area contributed by atoms with Crippen molar-refractivity contribution in [3.05, 3.63) is 27.8 Å². The molecule has 3 rings (SSSR count). The smallest absolute Gasteiger partial charge is 0.324 e. The van der Waals surface area contributed by atoms with E-state index in [-0.39, 0.29) is 23.8 Å². The average molecular weight is 469 g/mol. The highest BCUT2D eigenvalue weighted by Crippen LogP contribution is 2.46. The van der Waals surface area contributed by atoms with Gasteiger partial charge in [-0.25, -0.2) is 4.79 Å². The molecule has 1 heterocycles. The molecule has 26 heavy (non-hydrogen) atoms. The number of anilines is 1. The van der Waals surface area contributed by atoms with Gasteiger partial charge in [0.05, 0.1) is 0 Å². The zero-order valence-corrected chi connectivity index (χ0v) is 17.4. The molecule has 0 radical (unpaired) electrons. The summed E-state index contributed by atoms with van der Waals surface area (Å²) in [6, 6.07) is 6.89. The van der Waals surface area contributed by atoms with E-state index >= 15 is 0 Å². The Bertz CT molecular complexity index is 764. The molecule has 1 aliphatic heterocycles. The third-order valence-corrected chi connectivity index (χ3v) is 5.71. The van der Waals surface area contributed by atoms with Gasteiger partial charge in [0, 0.05) is 9.26 Å². The number of carbonyl (C=O) groups is 3. The van der Waals surface area contributed by atoms with Crippen LogP contribution in [0, 0.1) is 14.9 Å². The summed E-state index contributed by atoms with van der Waals surface area (Å²) in [5.41, 5.74) is -0.253. The molecule has 0 bridgehead atoms. The second-order valence-corrected chi connectivity index (χ2v) is 9.56. The lowest BCUT2D eigenvalue weighted by Gasteiger charge is -2.43. The third-order valence-electron chi connectivity index (χ3n) is 5.03. The van der Waals surface area contributed by atoms with E-state index in [9.17, 15) is 14.4 Å². The Kier molecular flexibility index (Phi) is 5.02. The molecule has 2 N–H and O–H groups in total. The first-order valence-electron chi connectivity index (χ1n) is 8.80. The van der Waals surface area contributed by atoms with Gasteiger partial charge in [0.25, 0.3) is 5.91 Å². The first kappa shape index (κ1) is 19.1. The van der Waals surface area contributed by atoms with E-state index in [4.69, 9.17) is 0 Å². The minimum atomic E-state index is -0.874. The summed E-state index contributed by atoms with van der Waals surface area (Å²) < 4.78 is 0.993. The lowest BCUT2D eigenvalue weighted by molar-refractivity contribution is -0.136. The van der Waals surface area contributed by atoms with Crippen molar-refractivity contribution in [1.29, 1.82) is 0 Å². The van der Waals surface area contributed by atoms with E-state index in [1.807, 2.05) is 18.2 Å². The molecular weight excluding hydrogens is 445 g/mol. The molecule has 1 aromatic carbocycles. The Labute approximate surface area is 167 Å². The van der Waals surface area contributed by atoms with Gasteiger partial charge in [-0.1, -0.05) is 26.8 Å². The normalized spacial score (nSPS) is 27.5. The molecule has 1 aliphatic carbocycles. The van der Waals surface area contributed by atoms with Crippen molar-refractivity contribution < 1.29 is 14.4 Å². The van der Waals surface area contributed by atoms with Crippen LogP contribution in [0.2, 0.25) is 0 Å². The van der Waals surface area contributed by atoms with Gasteiger partial charge in [0.1, 0.15) is 12.1 Å². The summed E-state index contributed by atoms with van der Waals surface area (Å²) in [6.07, 6.45) is 2.24. The Balaban J connectivity index is 1.72. The van der Waals surface area contributed by atoms with Crippen molar-refractivity contribution in [2.75, 3.05) is 11.9 Å². The summed E-state index contributed by atoms with van der Waals surface area (Å²) in [4.78, 5) is 38.9. The molecule has 1 spiro atoms. The Morgan fingerprint density at radius 2 is 2.08 bits per heavy atom. The minimum Gasteiger partial charge on any atom is -0.324 e. The van der Waals surface area contributed by atoms with Crippen LogP contribution in [0.15, 0.2) is 24.3 Å². The summed E-state index contributed by atoms with van der Waals surface area (Å²) in [5.74, 6) is -0.321. The average Bonchev–Trinajstić information content (AvgIpc) is 2.68. The van der Waals surface area contributed by atoms with Crippen LogP contribution in [0.25, 0.3) is 0 Å². The van der Waals surface area contributed by atoms with Crippen LogP contribution in [-0.4, -0.2) is 34.8 Å². The maximum Gasteiger partial charge on any atom is 0.325 e. The minimum absolute atomic E-state index is 0.0282. The third kappa shape index (κ3) is 3.87. The van der Waals surface area contributed by atoms with Crippen molar-refractivity contribution in [3.8, 4) is 0 Å².